The first-order valence-electron chi connectivity index (χ1n) is 3.68. The largest absolute Gasteiger partial charge is 0.279 e. The van der Waals surface area contributed by atoms with Gasteiger partial charge in [-0.2, -0.15) is 0 Å². The predicted molar refractivity (Wildman–Crippen MR) is 44.1 cm³/mol. The van der Waals surface area contributed by atoms with E-state index in [1.807, 2.05) is 5.92 Å². The minimum atomic E-state index is -1.66. The Bertz CT molecular complexity index is 441. The lowest BCUT2D eigenvalue weighted by Gasteiger charge is -1.98. The molecule has 0 N–H and O–H groups in total. The summed E-state index contributed by atoms with van der Waals surface area (Å²) in [5.41, 5.74) is -0.557. The molecule has 0 amide bonds. The third kappa shape index (κ3) is 1.77. The highest BCUT2D eigenvalue weighted by molar-refractivity contribution is 6.09. The van der Waals surface area contributed by atoms with Crippen molar-refractivity contribution >= 4 is 5.78 Å². The van der Waals surface area contributed by atoms with E-state index in [9.17, 15) is 18.0 Å². The van der Waals surface area contributed by atoms with Crippen LogP contribution < -0.4 is 0 Å². The fraction of sp³-hybridized carbons (Fsp3) is 0.100. The lowest BCUT2D eigenvalue weighted by atomic mass is 10.1. The van der Waals surface area contributed by atoms with Gasteiger partial charge in [-0.25, -0.2) is 13.2 Å². The number of Topliss-reactive ketones (excluding diaryl/α,β-unsaturated/α-hetero) is 1. The Morgan fingerprint density at radius 2 is 1.86 bits per heavy atom. The van der Waals surface area contributed by atoms with Gasteiger partial charge < -0.3 is 0 Å². The molecule has 0 spiro atoms. The summed E-state index contributed by atoms with van der Waals surface area (Å²) in [6, 6.07) is 1.55. The molecule has 0 aliphatic heterocycles. The van der Waals surface area contributed by atoms with Crippen LogP contribution in [0, 0.1) is 29.3 Å². The molecule has 72 valence electrons. The molecule has 1 aromatic carbocycles. The lowest BCUT2D eigenvalue weighted by molar-refractivity contribution is 0.105. The number of carbonyl (C=O) groups excluding carboxylic acids is 1. The van der Waals surface area contributed by atoms with Crippen LogP contribution in [0.4, 0.5) is 13.2 Å². The van der Waals surface area contributed by atoms with Gasteiger partial charge in [0.05, 0.1) is 5.56 Å². The van der Waals surface area contributed by atoms with Gasteiger partial charge in [-0.1, -0.05) is 5.92 Å². The second-order valence-electron chi connectivity index (χ2n) is 2.43. The normalized spacial score (nSPS) is 9.14. The van der Waals surface area contributed by atoms with Crippen molar-refractivity contribution in [1.29, 1.82) is 0 Å². The molecular formula is C10H5F3O. The highest BCUT2D eigenvalue weighted by Crippen LogP contribution is 2.15. The Balaban J connectivity index is 3.29. The smallest absolute Gasteiger partial charge is 0.238 e. The zero-order chi connectivity index (χ0) is 10.7. The van der Waals surface area contributed by atoms with Crippen molar-refractivity contribution in [2.75, 3.05) is 0 Å². The molecule has 0 aliphatic carbocycles. The van der Waals surface area contributed by atoms with Gasteiger partial charge in [0.2, 0.25) is 5.78 Å². The Labute approximate surface area is 78.5 Å². The third-order valence-electron chi connectivity index (χ3n) is 1.52. The van der Waals surface area contributed by atoms with Gasteiger partial charge in [-0.3, -0.25) is 4.79 Å². The van der Waals surface area contributed by atoms with Crippen LogP contribution in [0.5, 0.6) is 0 Å². The number of halogens is 3. The van der Waals surface area contributed by atoms with Gasteiger partial charge in [0, 0.05) is 0 Å². The maximum Gasteiger partial charge on any atom is 0.238 e. The molecule has 0 saturated carbocycles. The minimum absolute atomic E-state index is 0.557. The minimum Gasteiger partial charge on any atom is -0.279 e. The molecular weight excluding hydrogens is 193 g/mol. The number of hydrogen-bond donors (Lipinski definition) is 0. The highest BCUT2D eigenvalue weighted by Gasteiger charge is 2.17. The van der Waals surface area contributed by atoms with Crippen molar-refractivity contribution in [3.8, 4) is 11.8 Å². The molecule has 0 bridgehead atoms. The standard InChI is InChI=1S/C10H5F3O/c1-2-3-8(14)6-4-5-7(11)10(13)9(6)12/h4-5H,1H3. The van der Waals surface area contributed by atoms with Crippen molar-refractivity contribution < 1.29 is 18.0 Å². The molecule has 0 heterocycles. The van der Waals surface area contributed by atoms with Crippen molar-refractivity contribution in [3.05, 3.63) is 35.1 Å². The van der Waals surface area contributed by atoms with Gasteiger partial charge >= 0.3 is 0 Å². The molecule has 4 heteroatoms. The Hall–Kier alpha value is -1.76. The number of carbonyl (C=O) groups is 1. The van der Waals surface area contributed by atoms with Crippen LogP contribution >= 0.6 is 0 Å². The maximum absolute atomic E-state index is 12.9. The van der Waals surface area contributed by atoms with E-state index in [0.29, 0.717) is 6.07 Å². The van der Waals surface area contributed by atoms with Crippen molar-refractivity contribution in [3.63, 3.8) is 0 Å². The molecule has 0 atom stereocenters. The summed E-state index contributed by atoms with van der Waals surface area (Å²) < 4.78 is 38.0. The quantitative estimate of drug-likeness (QED) is 0.293. The molecule has 0 unspecified atom stereocenters. The van der Waals surface area contributed by atoms with Gasteiger partial charge in [-0.05, 0) is 25.0 Å². The van der Waals surface area contributed by atoms with Crippen LogP contribution in [0.3, 0.4) is 0 Å². The molecule has 1 aromatic rings. The van der Waals surface area contributed by atoms with E-state index < -0.39 is 28.8 Å². The van der Waals surface area contributed by atoms with Crippen LogP contribution in [0.15, 0.2) is 12.1 Å². The number of rotatable bonds is 1. The van der Waals surface area contributed by atoms with E-state index in [2.05, 4.69) is 5.92 Å². The van der Waals surface area contributed by atoms with E-state index in [0.717, 1.165) is 6.07 Å². The molecule has 0 aromatic heterocycles. The Kier molecular flexibility index (Phi) is 2.92. The third-order valence-corrected chi connectivity index (χ3v) is 1.52. The number of hydrogen-bond acceptors (Lipinski definition) is 1. The maximum atomic E-state index is 12.9. The van der Waals surface area contributed by atoms with E-state index in [-0.39, 0.29) is 0 Å². The summed E-state index contributed by atoms with van der Waals surface area (Å²) in [6.07, 6.45) is 0. The summed E-state index contributed by atoms with van der Waals surface area (Å²) in [6.45, 7) is 1.38. The highest BCUT2D eigenvalue weighted by atomic mass is 19.2. The summed E-state index contributed by atoms with van der Waals surface area (Å²) in [4.78, 5) is 11.0. The average Bonchev–Trinajstić information content (AvgIpc) is 2.15. The molecule has 14 heavy (non-hydrogen) atoms. The van der Waals surface area contributed by atoms with Crippen molar-refractivity contribution in [2.24, 2.45) is 0 Å². The zero-order valence-electron chi connectivity index (χ0n) is 7.20. The van der Waals surface area contributed by atoms with Crippen LogP contribution in [-0.4, -0.2) is 5.78 Å². The first kappa shape index (κ1) is 10.3. The monoisotopic (exact) mass is 198 g/mol. The van der Waals surface area contributed by atoms with Crippen LogP contribution in [0.25, 0.3) is 0 Å². The molecule has 0 fully saturated rings. The van der Waals surface area contributed by atoms with Gasteiger partial charge in [0.25, 0.3) is 0 Å². The number of ketones is 1. The van der Waals surface area contributed by atoms with Crippen LogP contribution in [-0.2, 0) is 0 Å². The van der Waals surface area contributed by atoms with Gasteiger partial charge in [-0.15, -0.1) is 0 Å². The zero-order valence-corrected chi connectivity index (χ0v) is 7.20. The van der Waals surface area contributed by atoms with Crippen molar-refractivity contribution in [1.82, 2.24) is 0 Å². The predicted octanol–water partition coefficient (Wildman–Crippen LogP) is 2.31. The summed E-state index contributed by atoms with van der Waals surface area (Å²) >= 11 is 0. The average molecular weight is 198 g/mol. The fourth-order valence-electron chi connectivity index (χ4n) is 0.882. The molecule has 0 radical (unpaired) electrons. The SMILES string of the molecule is CC#CC(=O)c1ccc(F)c(F)c1F. The molecule has 0 aliphatic rings. The van der Waals surface area contributed by atoms with E-state index in [1.54, 1.807) is 0 Å². The van der Waals surface area contributed by atoms with Crippen LogP contribution in [0.1, 0.15) is 17.3 Å². The van der Waals surface area contributed by atoms with Crippen LogP contribution in [0.2, 0.25) is 0 Å². The first-order valence-corrected chi connectivity index (χ1v) is 3.68. The van der Waals surface area contributed by atoms with E-state index >= 15 is 0 Å². The number of benzene rings is 1. The fourth-order valence-corrected chi connectivity index (χ4v) is 0.882. The summed E-state index contributed by atoms with van der Waals surface area (Å²) in [5.74, 6) is -1.09. The Morgan fingerprint density at radius 3 is 2.43 bits per heavy atom. The molecule has 1 rings (SSSR count). The van der Waals surface area contributed by atoms with E-state index in [4.69, 9.17) is 0 Å². The summed E-state index contributed by atoms with van der Waals surface area (Å²) in [5, 5.41) is 0. The van der Waals surface area contributed by atoms with Gasteiger partial charge in [0.15, 0.2) is 17.5 Å². The second-order valence-corrected chi connectivity index (χ2v) is 2.43. The Morgan fingerprint density at radius 1 is 1.21 bits per heavy atom. The topological polar surface area (TPSA) is 17.1 Å². The molecule has 0 saturated heterocycles. The molecule has 1 nitrogen and oxygen atoms in total. The van der Waals surface area contributed by atoms with Crippen molar-refractivity contribution in [2.45, 2.75) is 6.92 Å². The summed E-state index contributed by atoms with van der Waals surface area (Å²) in [7, 11) is 0. The van der Waals surface area contributed by atoms with E-state index in [1.165, 1.54) is 6.92 Å². The van der Waals surface area contributed by atoms with Gasteiger partial charge in [0.1, 0.15) is 0 Å². The lowest BCUT2D eigenvalue weighted by Crippen LogP contribution is -2.03. The second kappa shape index (κ2) is 3.97. The first-order chi connectivity index (χ1) is 6.57.